The Kier molecular flexibility index (Phi) is 4.39. The van der Waals surface area contributed by atoms with Crippen molar-refractivity contribution in [3.8, 4) is 0 Å². The number of imidazole rings is 1. The van der Waals surface area contributed by atoms with Gasteiger partial charge in [0.15, 0.2) is 0 Å². The van der Waals surface area contributed by atoms with Crippen molar-refractivity contribution in [2.45, 2.75) is 26.4 Å². The molecule has 0 spiro atoms. The van der Waals surface area contributed by atoms with Crippen LogP contribution in [0.4, 0.5) is 11.4 Å². The number of aromatic nitrogens is 2. The summed E-state index contributed by atoms with van der Waals surface area (Å²) in [6.07, 6.45) is 3.61. The molecule has 106 valence electrons. The van der Waals surface area contributed by atoms with Crippen molar-refractivity contribution < 1.29 is 4.92 Å². The minimum atomic E-state index is -0.414. The monoisotopic (exact) mass is 338 g/mol. The number of nitrogens with one attached hydrogen (secondary N) is 1. The number of nitro benzene ring substituents is 1. The van der Waals surface area contributed by atoms with Crippen LogP contribution in [0, 0.1) is 10.1 Å². The molecule has 2 rings (SSSR count). The number of hydrogen-bond donors (Lipinski definition) is 1. The minimum Gasteiger partial charge on any atom is -0.378 e. The second kappa shape index (κ2) is 6.04. The Morgan fingerprint density at radius 3 is 2.85 bits per heavy atom. The normalized spacial score (nSPS) is 10.8. The van der Waals surface area contributed by atoms with Gasteiger partial charge in [0.2, 0.25) is 0 Å². The van der Waals surface area contributed by atoms with Gasteiger partial charge in [-0.1, -0.05) is 0 Å². The molecule has 0 unspecified atom stereocenters. The van der Waals surface area contributed by atoms with Crippen molar-refractivity contribution in [2.75, 3.05) is 5.32 Å². The van der Waals surface area contributed by atoms with E-state index in [1.807, 2.05) is 6.20 Å². The van der Waals surface area contributed by atoms with E-state index in [1.165, 1.54) is 12.1 Å². The van der Waals surface area contributed by atoms with Gasteiger partial charge in [0.25, 0.3) is 5.69 Å². The molecule has 0 amide bonds. The molecule has 1 aromatic heterocycles. The molecular formula is C13H15BrN4O2. The van der Waals surface area contributed by atoms with Gasteiger partial charge in [-0.05, 0) is 35.8 Å². The molecule has 0 saturated carbocycles. The Morgan fingerprint density at radius 1 is 1.50 bits per heavy atom. The van der Waals surface area contributed by atoms with Gasteiger partial charge in [0.1, 0.15) is 0 Å². The molecular weight excluding hydrogens is 324 g/mol. The van der Waals surface area contributed by atoms with Gasteiger partial charge in [-0.2, -0.15) is 0 Å². The maximum absolute atomic E-state index is 10.7. The van der Waals surface area contributed by atoms with E-state index in [9.17, 15) is 10.1 Å². The zero-order valence-corrected chi connectivity index (χ0v) is 12.8. The summed E-state index contributed by atoms with van der Waals surface area (Å²) >= 11 is 3.34. The summed E-state index contributed by atoms with van der Waals surface area (Å²) in [5, 5.41) is 13.9. The third-order valence-electron chi connectivity index (χ3n) is 2.93. The molecule has 1 heterocycles. The van der Waals surface area contributed by atoms with Crippen molar-refractivity contribution in [2.24, 2.45) is 0 Å². The van der Waals surface area contributed by atoms with Gasteiger partial charge in [-0.25, -0.2) is 4.98 Å². The zero-order chi connectivity index (χ0) is 14.7. The number of nitro groups is 1. The molecule has 0 radical (unpaired) electrons. The van der Waals surface area contributed by atoms with Crippen LogP contribution in [0.2, 0.25) is 0 Å². The van der Waals surface area contributed by atoms with Crippen LogP contribution in [0.15, 0.2) is 35.2 Å². The number of rotatable bonds is 5. The van der Waals surface area contributed by atoms with E-state index in [0.717, 1.165) is 11.4 Å². The lowest BCUT2D eigenvalue weighted by atomic mass is 10.2. The molecule has 6 nitrogen and oxygen atoms in total. The standard InChI is InChI=1S/C13H15BrN4O2/c1-9(2)17-8-15-6-11(17)7-16-13-4-3-10(18(19)20)5-12(13)14/h3-6,8-9,16H,7H2,1-2H3. The molecule has 0 saturated heterocycles. The smallest absolute Gasteiger partial charge is 0.270 e. The van der Waals surface area contributed by atoms with Crippen LogP contribution in [0.1, 0.15) is 25.6 Å². The van der Waals surface area contributed by atoms with Crippen LogP contribution in [0.5, 0.6) is 0 Å². The predicted octanol–water partition coefficient (Wildman–Crippen LogP) is 3.75. The molecule has 0 fully saturated rings. The van der Waals surface area contributed by atoms with Crippen LogP contribution in [-0.4, -0.2) is 14.5 Å². The first kappa shape index (κ1) is 14.5. The summed E-state index contributed by atoms with van der Waals surface area (Å²) < 4.78 is 2.74. The molecule has 0 aliphatic rings. The third kappa shape index (κ3) is 3.16. The van der Waals surface area contributed by atoms with E-state index >= 15 is 0 Å². The Labute approximate surface area is 125 Å². The Hall–Kier alpha value is -1.89. The topological polar surface area (TPSA) is 73.0 Å². The van der Waals surface area contributed by atoms with E-state index in [0.29, 0.717) is 17.1 Å². The highest BCUT2D eigenvalue weighted by Crippen LogP contribution is 2.27. The largest absolute Gasteiger partial charge is 0.378 e. The summed E-state index contributed by atoms with van der Waals surface area (Å²) in [6, 6.07) is 5.00. The molecule has 20 heavy (non-hydrogen) atoms. The fourth-order valence-electron chi connectivity index (χ4n) is 1.88. The summed E-state index contributed by atoms with van der Waals surface area (Å²) in [6.45, 7) is 4.79. The fraction of sp³-hybridized carbons (Fsp3) is 0.308. The number of nitrogens with zero attached hydrogens (tertiary/aromatic N) is 3. The van der Waals surface area contributed by atoms with Gasteiger partial charge in [0.05, 0.1) is 23.5 Å². The van der Waals surface area contributed by atoms with Gasteiger partial charge in [0, 0.05) is 34.5 Å². The first-order valence-electron chi connectivity index (χ1n) is 6.17. The molecule has 2 aromatic rings. The van der Waals surface area contributed by atoms with Crippen LogP contribution < -0.4 is 5.32 Å². The highest BCUT2D eigenvalue weighted by atomic mass is 79.9. The number of benzene rings is 1. The van der Waals surface area contributed by atoms with Crippen molar-refractivity contribution in [3.63, 3.8) is 0 Å². The second-order valence-corrected chi connectivity index (χ2v) is 5.52. The van der Waals surface area contributed by atoms with E-state index in [4.69, 9.17) is 0 Å². The Balaban J connectivity index is 2.11. The minimum absolute atomic E-state index is 0.0645. The van der Waals surface area contributed by atoms with Crippen LogP contribution in [0.3, 0.4) is 0 Å². The maximum Gasteiger partial charge on any atom is 0.270 e. The number of non-ortho nitro benzene ring substituents is 1. The molecule has 0 aliphatic carbocycles. The van der Waals surface area contributed by atoms with Gasteiger partial charge in [-0.3, -0.25) is 10.1 Å². The molecule has 0 bridgehead atoms. The van der Waals surface area contributed by atoms with Crippen molar-refractivity contribution >= 4 is 27.3 Å². The molecule has 1 aromatic carbocycles. The van der Waals surface area contributed by atoms with E-state index < -0.39 is 4.92 Å². The van der Waals surface area contributed by atoms with E-state index in [2.05, 4.69) is 44.6 Å². The van der Waals surface area contributed by atoms with Crippen LogP contribution in [-0.2, 0) is 6.54 Å². The van der Waals surface area contributed by atoms with Crippen LogP contribution >= 0.6 is 15.9 Å². The second-order valence-electron chi connectivity index (χ2n) is 4.66. The molecule has 1 N–H and O–H groups in total. The average Bonchev–Trinajstić information content (AvgIpc) is 2.85. The highest BCUT2D eigenvalue weighted by molar-refractivity contribution is 9.10. The summed E-state index contributed by atoms with van der Waals surface area (Å²) in [4.78, 5) is 14.4. The molecule has 0 atom stereocenters. The first-order valence-corrected chi connectivity index (χ1v) is 6.97. The summed E-state index contributed by atoms with van der Waals surface area (Å²) in [7, 11) is 0. The lowest BCUT2D eigenvalue weighted by Gasteiger charge is -2.13. The first-order chi connectivity index (χ1) is 9.49. The quantitative estimate of drug-likeness (QED) is 0.665. The Bertz CT molecular complexity index is 625. The maximum atomic E-state index is 10.7. The molecule has 7 heteroatoms. The average molecular weight is 339 g/mol. The van der Waals surface area contributed by atoms with Crippen molar-refractivity contribution in [1.82, 2.24) is 9.55 Å². The highest BCUT2D eigenvalue weighted by Gasteiger charge is 2.10. The third-order valence-corrected chi connectivity index (χ3v) is 3.58. The SMILES string of the molecule is CC(C)n1cncc1CNc1ccc([N+](=O)[O-])cc1Br. The van der Waals surface area contributed by atoms with Crippen LogP contribution in [0.25, 0.3) is 0 Å². The number of hydrogen-bond acceptors (Lipinski definition) is 4. The van der Waals surface area contributed by atoms with Crippen molar-refractivity contribution in [1.29, 1.82) is 0 Å². The summed E-state index contributed by atoms with van der Waals surface area (Å²) in [5.41, 5.74) is 1.94. The van der Waals surface area contributed by atoms with Gasteiger partial charge < -0.3 is 9.88 Å². The van der Waals surface area contributed by atoms with Crippen molar-refractivity contribution in [3.05, 3.63) is 51.0 Å². The van der Waals surface area contributed by atoms with Gasteiger partial charge in [-0.15, -0.1) is 0 Å². The Morgan fingerprint density at radius 2 is 2.25 bits per heavy atom. The fourth-order valence-corrected chi connectivity index (χ4v) is 2.39. The number of anilines is 1. The van der Waals surface area contributed by atoms with E-state index in [-0.39, 0.29) is 5.69 Å². The predicted molar refractivity (Wildman–Crippen MR) is 80.7 cm³/mol. The molecule has 0 aliphatic heterocycles. The van der Waals surface area contributed by atoms with Gasteiger partial charge >= 0.3 is 0 Å². The van der Waals surface area contributed by atoms with E-state index in [1.54, 1.807) is 12.4 Å². The summed E-state index contributed by atoms with van der Waals surface area (Å²) in [5.74, 6) is 0. The lowest BCUT2D eigenvalue weighted by molar-refractivity contribution is -0.384. The number of halogens is 1. The zero-order valence-electron chi connectivity index (χ0n) is 11.2. The lowest BCUT2D eigenvalue weighted by Crippen LogP contribution is -2.09.